The molecule has 4 atom stereocenters. The molecule has 3 rings (SSSR count). The minimum Gasteiger partial charge on any atom is -0.472 e. The Kier molecular flexibility index (Phi) is 6.76. The Labute approximate surface area is 171 Å². The normalized spacial score (nSPS) is 30.8. The maximum absolute atomic E-state index is 9.99. The molecule has 3 heteroatoms. The predicted molar refractivity (Wildman–Crippen MR) is 114 cm³/mol. The summed E-state index contributed by atoms with van der Waals surface area (Å²) in [6.07, 6.45) is 14.6. The monoisotopic (exact) mass is 388 g/mol. The van der Waals surface area contributed by atoms with E-state index < -0.39 is 6.29 Å². The highest BCUT2D eigenvalue weighted by Crippen LogP contribution is 2.58. The molecule has 0 amide bonds. The first-order chi connectivity index (χ1) is 13.2. The second-order valence-corrected chi connectivity index (χ2v) is 10.4. The van der Waals surface area contributed by atoms with Crippen LogP contribution in [0.15, 0.2) is 34.7 Å². The molecule has 2 N–H and O–H groups in total. The van der Waals surface area contributed by atoms with Crippen molar-refractivity contribution < 1.29 is 14.6 Å². The van der Waals surface area contributed by atoms with Crippen LogP contribution in [0, 0.1) is 28.6 Å². The lowest BCUT2D eigenvalue weighted by Crippen LogP contribution is -2.43. The Morgan fingerprint density at radius 2 is 1.96 bits per heavy atom. The van der Waals surface area contributed by atoms with E-state index in [2.05, 4.69) is 33.8 Å². The highest BCUT2D eigenvalue weighted by Gasteiger charge is 2.47. The Morgan fingerprint density at radius 3 is 2.64 bits per heavy atom. The second-order valence-electron chi connectivity index (χ2n) is 10.4. The van der Waals surface area contributed by atoms with Gasteiger partial charge in [-0.1, -0.05) is 39.3 Å². The van der Waals surface area contributed by atoms with Gasteiger partial charge in [0.05, 0.1) is 12.5 Å². The number of aryl methyl sites for hydroxylation is 1. The summed E-state index contributed by atoms with van der Waals surface area (Å²) < 4.78 is 5.13. The van der Waals surface area contributed by atoms with E-state index in [0.29, 0.717) is 17.3 Å². The molecule has 4 unspecified atom stereocenters. The molecular weight excluding hydrogens is 348 g/mol. The molecule has 1 fully saturated rings. The molecule has 28 heavy (non-hydrogen) atoms. The second kappa shape index (κ2) is 8.75. The number of aliphatic hydroxyl groups excluding tert-OH is 1. The Balaban J connectivity index is 1.64. The quantitative estimate of drug-likeness (QED) is 0.417. The molecule has 2 aliphatic rings. The first kappa shape index (κ1) is 21.6. The van der Waals surface area contributed by atoms with Crippen molar-refractivity contribution in [2.75, 3.05) is 0 Å². The van der Waals surface area contributed by atoms with Crippen LogP contribution in [0.2, 0.25) is 0 Å². The van der Waals surface area contributed by atoms with Gasteiger partial charge in [0.1, 0.15) is 0 Å². The Hall–Kier alpha value is -1.06. The van der Waals surface area contributed by atoms with E-state index in [1.807, 2.05) is 6.07 Å². The number of furan rings is 1. The van der Waals surface area contributed by atoms with Gasteiger partial charge in [-0.15, -0.1) is 0 Å². The summed E-state index contributed by atoms with van der Waals surface area (Å²) in [7, 11) is 0. The van der Waals surface area contributed by atoms with E-state index in [9.17, 15) is 10.2 Å². The summed E-state index contributed by atoms with van der Waals surface area (Å²) in [5, 5.41) is 20.0. The van der Waals surface area contributed by atoms with Crippen LogP contribution in [0.25, 0.3) is 0 Å². The van der Waals surface area contributed by atoms with Crippen LogP contribution in [0.1, 0.15) is 84.6 Å². The number of allylic oxidation sites excluding steroid dienone is 2. The van der Waals surface area contributed by atoms with Crippen LogP contribution in [-0.4, -0.2) is 16.5 Å². The van der Waals surface area contributed by atoms with Gasteiger partial charge in [-0.3, -0.25) is 0 Å². The SMILES string of the molecule is CC1CCC2C(=CCCC2(C)C)C1(C)CCC(CCCc1ccoc1)C(O)O. The van der Waals surface area contributed by atoms with Crippen LogP contribution in [0.5, 0.6) is 0 Å². The van der Waals surface area contributed by atoms with Crippen molar-refractivity contribution in [3.05, 3.63) is 35.8 Å². The van der Waals surface area contributed by atoms with Gasteiger partial charge in [-0.25, -0.2) is 0 Å². The average Bonchev–Trinajstić information content (AvgIpc) is 3.14. The minimum absolute atomic E-state index is 0.0477. The molecule has 0 saturated heterocycles. The molecule has 0 bridgehead atoms. The first-order valence-electron chi connectivity index (χ1n) is 11.3. The molecule has 1 saturated carbocycles. The molecule has 1 aromatic heterocycles. The predicted octanol–water partition coefficient (Wildman–Crippen LogP) is 6.11. The summed E-state index contributed by atoms with van der Waals surface area (Å²) in [6, 6.07) is 1.99. The lowest BCUT2D eigenvalue weighted by Gasteiger charge is -2.53. The number of aliphatic hydroxyl groups is 2. The standard InChI is InChI=1S/C25H40O3/c1-18-10-11-21-22(9-6-14-24(21,2)3)25(18,4)15-12-20(23(26)27)8-5-7-19-13-16-28-17-19/h9,13,16-18,20-21,23,26-27H,5-8,10-12,14-15H2,1-4H3. The van der Waals surface area contributed by atoms with Gasteiger partial charge < -0.3 is 14.6 Å². The largest absolute Gasteiger partial charge is 0.472 e. The fraction of sp³-hybridized carbons (Fsp3) is 0.760. The van der Waals surface area contributed by atoms with Crippen LogP contribution >= 0.6 is 0 Å². The van der Waals surface area contributed by atoms with E-state index in [-0.39, 0.29) is 11.3 Å². The van der Waals surface area contributed by atoms with Gasteiger partial charge in [0.15, 0.2) is 6.29 Å². The number of hydrogen-bond donors (Lipinski definition) is 2. The average molecular weight is 389 g/mol. The van der Waals surface area contributed by atoms with Crippen molar-refractivity contribution in [2.45, 2.75) is 91.8 Å². The lowest BCUT2D eigenvalue weighted by atomic mass is 9.52. The van der Waals surface area contributed by atoms with Crippen molar-refractivity contribution in [3.63, 3.8) is 0 Å². The van der Waals surface area contributed by atoms with Crippen molar-refractivity contribution in [2.24, 2.45) is 28.6 Å². The third-order valence-electron chi connectivity index (χ3n) is 8.18. The molecule has 1 aromatic rings. The molecule has 0 spiro atoms. The van der Waals surface area contributed by atoms with Gasteiger partial charge in [-0.05, 0) is 92.1 Å². The van der Waals surface area contributed by atoms with Crippen molar-refractivity contribution in [1.82, 2.24) is 0 Å². The fourth-order valence-corrected chi connectivity index (χ4v) is 5.86. The van der Waals surface area contributed by atoms with Gasteiger partial charge >= 0.3 is 0 Å². The van der Waals surface area contributed by atoms with Crippen LogP contribution in [0.4, 0.5) is 0 Å². The van der Waals surface area contributed by atoms with Crippen LogP contribution in [0.3, 0.4) is 0 Å². The highest BCUT2D eigenvalue weighted by molar-refractivity contribution is 5.25. The zero-order valence-electron chi connectivity index (χ0n) is 18.3. The zero-order valence-corrected chi connectivity index (χ0v) is 18.3. The molecule has 2 aliphatic carbocycles. The van der Waals surface area contributed by atoms with Gasteiger partial charge in [0.25, 0.3) is 0 Å². The maximum Gasteiger partial charge on any atom is 0.154 e. The summed E-state index contributed by atoms with van der Waals surface area (Å²) in [5.74, 6) is 1.31. The molecular formula is C25H40O3. The van der Waals surface area contributed by atoms with Crippen molar-refractivity contribution in [1.29, 1.82) is 0 Å². The molecule has 0 aliphatic heterocycles. The van der Waals surface area contributed by atoms with E-state index in [1.54, 1.807) is 18.1 Å². The van der Waals surface area contributed by atoms with Crippen LogP contribution < -0.4 is 0 Å². The van der Waals surface area contributed by atoms with E-state index in [1.165, 1.54) is 31.2 Å². The minimum atomic E-state index is -1.22. The molecule has 0 aromatic carbocycles. The van der Waals surface area contributed by atoms with Gasteiger partial charge in [-0.2, -0.15) is 0 Å². The van der Waals surface area contributed by atoms with Crippen molar-refractivity contribution in [3.8, 4) is 0 Å². The van der Waals surface area contributed by atoms with Gasteiger partial charge in [0, 0.05) is 5.92 Å². The third kappa shape index (κ3) is 4.57. The summed E-state index contributed by atoms with van der Waals surface area (Å²) in [5.41, 5.74) is 3.45. The van der Waals surface area contributed by atoms with E-state index in [0.717, 1.165) is 32.1 Å². The van der Waals surface area contributed by atoms with E-state index in [4.69, 9.17) is 4.42 Å². The number of rotatable bonds is 8. The summed E-state index contributed by atoms with van der Waals surface area (Å²) >= 11 is 0. The zero-order chi connectivity index (χ0) is 20.4. The van der Waals surface area contributed by atoms with Gasteiger partial charge in [0.2, 0.25) is 0 Å². The number of hydrogen-bond acceptors (Lipinski definition) is 3. The third-order valence-corrected chi connectivity index (χ3v) is 8.18. The molecule has 3 nitrogen and oxygen atoms in total. The maximum atomic E-state index is 9.99. The highest BCUT2D eigenvalue weighted by atomic mass is 16.5. The summed E-state index contributed by atoms with van der Waals surface area (Å²) in [4.78, 5) is 0. The smallest absolute Gasteiger partial charge is 0.154 e. The molecule has 1 heterocycles. The first-order valence-corrected chi connectivity index (χ1v) is 11.3. The van der Waals surface area contributed by atoms with E-state index >= 15 is 0 Å². The Morgan fingerprint density at radius 1 is 1.18 bits per heavy atom. The lowest BCUT2D eigenvalue weighted by molar-refractivity contribution is -0.0918. The summed E-state index contributed by atoms with van der Waals surface area (Å²) in [6.45, 7) is 9.74. The van der Waals surface area contributed by atoms with Crippen molar-refractivity contribution >= 4 is 0 Å². The fourth-order valence-electron chi connectivity index (χ4n) is 5.86. The van der Waals surface area contributed by atoms with Crippen LogP contribution in [-0.2, 0) is 6.42 Å². The Bertz CT molecular complexity index is 643. The molecule has 158 valence electrons. The molecule has 0 radical (unpaired) electrons. The topological polar surface area (TPSA) is 53.6 Å². The number of fused-ring (bicyclic) bond motifs is 1.